The van der Waals surface area contributed by atoms with Crippen molar-refractivity contribution in [3.63, 3.8) is 0 Å². The van der Waals surface area contributed by atoms with Crippen LogP contribution in [0.5, 0.6) is 11.5 Å². The molecule has 0 aliphatic heterocycles. The zero-order valence-electron chi connectivity index (χ0n) is 20.2. The first-order valence-electron chi connectivity index (χ1n) is 11.1. The quantitative estimate of drug-likeness (QED) is 0.399. The summed E-state index contributed by atoms with van der Waals surface area (Å²) < 4.78 is 36.7. The van der Waals surface area contributed by atoms with Crippen molar-refractivity contribution in [2.75, 3.05) is 5.32 Å². The van der Waals surface area contributed by atoms with Gasteiger partial charge in [-0.3, -0.25) is 19.3 Å². The van der Waals surface area contributed by atoms with Gasteiger partial charge in [-0.2, -0.15) is 5.10 Å². The number of nitrogens with zero attached hydrogens (tertiary/aromatic N) is 3. The van der Waals surface area contributed by atoms with E-state index in [0.717, 1.165) is 6.07 Å². The second-order valence-corrected chi connectivity index (χ2v) is 9.42. The zero-order chi connectivity index (χ0) is 26.2. The van der Waals surface area contributed by atoms with Gasteiger partial charge in [-0.15, -0.1) is 0 Å². The third-order valence-corrected chi connectivity index (χ3v) is 5.48. The standard InChI is InChI=1S/C26H25F2N5O3/c1-14-7-15(9-23(34)32-16-12-31-33(13-16)26(2,3)4)8-20(28)24(14)36-22-5-6-30-21-11-19(27)17(25(29)35)10-18(21)22/h5-8,10-13H,9H2,1-4H3,(H2,29,35)(H,32,34). The molecule has 0 unspecified atom stereocenters. The first kappa shape index (κ1) is 24.8. The summed E-state index contributed by atoms with van der Waals surface area (Å²) in [4.78, 5) is 28.1. The van der Waals surface area contributed by atoms with E-state index in [1.807, 2.05) is 20.8 Å². The maximum absolute atomic E-state index is 15.1. The number of aromatic nitrogens is 3. The molecule has 0 aliphatic rings. The van der Waals surface area contributed by atoms with Crippen LogP contribution in [0.15, 0.2) is 48.9 Å². The Bertz CT molecular complexity index is 1470. The molecule has 2 aromatic heterocycles. The molecule has 0 bridgehead atoms. The third kappa shape index (κ3) is 5.17. The number of aryl methyl sites for hydroxylation is 1. The number of carbonyl (C=O) groups is 2. The highest BCUT2D eigenvalue weighted by Crippen LogP contribution is 2.34. The number of anilines is 1. The summed E-state index contributed by atoms with van der Waals surface area (Å²) in [6.45, 7) is 7.62. The fraction of sp³-hybridized carbons (Fsp3) is 0.231. The van der Waals surface area contributed by atoms with Crippen molar-refractivity contribution in [2.45, 2.75) is 39.7 Å². The molecule has 0 atom stereocenters. The van der Waals surface area contributed by atoms with E-state index in [2.05, 4.69) is 15.4 Å². The minimum atomic E-state index is -0.944. The minimum absolute atomic E-state index is 0.0574. The lowest BCUT2D eigenvalue weighted by Gasteiger charge is -2.18. The Morgan fingerprint density at radius 1 is 1.14 bits per heavy atom. The molecule has 0 spiro atoms. The van der Waals surface area contributed by atoms with Gasteiger partial charge >= 0.3 is 0 Å². The molecule has 2 amide bonds. The van der Waals surface area contributed by atoms with Gasteiger partial charge in [0.2, 0.25) is 5.91 Å². The van der Waals surface area contributed by atoms with Crippen LogP contribution in [0.2, 0.25) is 0 Å². The van der Waals surface area contributed by atoms with Crippen LogP contribution in [0.1, 0.15) is 42.3 Å². The average molecular weight is 494 g/mol. The Labute approximate surface area is 206 Å². The molecule has 2 heterocycles. The first-order chi connectivity index (χ1) is 16.9. The van der Waals surface area contributed by atoms with Crippen LogP contribution in [0.4, 0.5) is 14.5 Å². The molecule has 2 aromatic carbocycles. The highest BCUT2D eigenvalue weighted by Gasteiger charge is 2.18. The monoisotopic (exact) mass is 493 g/mol. The maximum atomic E-state index is 15.1. The lowest BCUT2D eigenvalue weighted by molar-refractivity contribution is -0.115. The van der Waals surface area contributed by atoms with E-state index in [4.69, 9.17) is 10.5 Å². The van der Waals surface area contributed by atoms with Gasteiger partial charge in [-0.25, -0.2) is 8.78 Å². The van der Waals surface area contributed by atoms with Gasteiger partial charge in [0.05, 0.1) is 34.9 Å². The zero-order valence-corrected chi connectivity index (χ0v) is 20.2. The second kappa shape index (κ2) is 9.37. The second-order valence-electron chi connectivity index (χ2n) is 9.42. The summed E-state index contributed by atoms with van der Waals surface area (Å²) in [5, 5.41) is 7.30. The number of amides is 2. The van der Waals surface area contributed by atoms with E-state index in [-0.39, 0.29) is 40.4 Å². The predicted octanol–water partition coefficient (Wildman–Crippen LogP) is 4.85. The van der Waals surface area contributed by atoms with Crippen LogP contribution >= 0.6 is 0 Å². The van der Waals surface area contributed by atoms with Gasteiger partial charge in [-0.1, -0.05) is 6.07 Å². The van der Waals surface area contributed by atoms with Crippen molar-refractivity contribution in [3.8, 4) is 11.5 Å². The lowest BCUT2D eigenvalue weighted by Crippen LogP contribution is -2.22. The molecule has 4 rings (SSSR count). The Kier molecular flexibility index (Phi) is 6.45. The number of fused-ring (bicyclic) bond motifs is 1. The molecule has 0 saturated carbocycles. The topological polar surface area (TPSA) is 112 Å². The number of nitrogens with two attached hydrogens (primary N) is 1. The van der Waals surface area contributed by atoms with Crippen LogP contribution in [0.3, 0.4) is 0 Å². The van der Waals surface area contributed by atoms with Crippen LogP contribution in [-0.2, 0) is 16.8 Å². The maximum Gasteiger partial charge on any atom is 0.251 e. The smallest absolute Gasteiger partial charge is 0.251 e. The Hall–Kier alpha value is -4.34. The third-order valence-electron chi connectivity index (χ3n) is 5.48. The number of rotatable bonds is 6. The van der Waals surface area contributed by atoms with Gasteiger partial charge in [0, 0.05) is 23.8 Å². The average Bonchev–Trinajstić information content (AvgIpc) is 3.24. The molecule has 0 radical (unpaired) electrons. The van der Waals surface area contributed by atoms with Crippen LogP contribution in [-0.4, -0.2) is 26.6 Å². The van der Waals surface area contributed by atoms with E-state index in [1.54, 1.807) is 30.1 Å². The van der Waals surface area contributed by atoms with Crippen LogP contribution in [0.25, 0.3) is 10.9 Å². The normalized spacial score (nSPS) is 11.5. The van der Waals surface area contributed by atoms with Crippen molar-refractivity contribution in [1.29, 1.82) is 0 Å². The molecule has 36 heavy (non-hydrogen) atoms. The molecule has 3 N–H and O–H groups in total. The molecule has 186 valence electrons. The van der Waals surface area contributed by atoms with Gasteiger partial charge in [0.25, 0.3) is 5.91 Å². The number of primary amides is 1. The fourth-order valence-corrected chi connectivity index (χ4v) is 3.71. The van der Waals surface area contributed by atoms with E-state index in [1.165, 1.54) is 24.4 Å². The molecule has 10 heteroatoms. The van der Waals surface area contributed by atoms with Crippen molar-refractivity contribution in [3.05, 3.63) is 77.2 Å². The van der Waals surface area contributed by atoms with Crippen LogP contribution < -0.4 is 15.8 Å². The minimum Gasteiger partial charge on any atom is -0.453 e. The summed E-state index contributed by atoms with van der Waals surface area (Å²) >= 11 is 0. The summed E-state index contributed by atoms with van der Waals surface area (Å²) in [6, 6.07) is 6.64. The Morgan fingerprint density at radius 3 is 2.53 bits per heavy atom. The van der Waals surface area contributed by atoms with Crippen molar-refractivity contribution in [1.82, 2.24) is 14.8 Å². The molecule has 0 fully saturated rings. The number of nitrogens with one attached hydrogen (secondary N) is 1. The van der Waals surface area contributed by atoms with E-state index < -0.39 is 17.5 Å². The molecule has 0 aliphatic carbocycles. The number of hydrogen-bond donors (Lipinski definition) is 2. The van der Waals surface area contributed by atoms with Crippen molar-refractivity contribution in [2.24, 2.45) is 5.73 Å². The summed E-state index contributed by atoms with van der Waals surface area (Å²) in [5.41, 5.74) is 6.35. The van der Waals surface area contributed by atoms with Crippen molar-refractivity contribution < 1.29 is 23.1 Å². The lowest BCUT2D eigenvalue weighted by atomic mass is 10.1. The fourth-order valence-electron chi connectivity index (χ4n) is 3.71. The first-order valence-corrected chi connectivity index (χ1v) is 11.1. The molecule has 0 saturated heterocycles. The van der Waals surface area contributed by atoms with E-state index in [9.17, 15) is 14.0 Å². The summed E-state index contributed by atoms with van der Waals surface area (Å²) in [7, 11) is 0. The van der Waals surface area contributed by atoms with Gasteiger partial charge in [0.15, 0.2) is 11.6 Å². The molecule has 8 nitrogen and oxygen atoms in total. The van der Waals surface area contributed by atoms with Crippen LogP contribution in [0, 0.1) is 18.6 Å². The number of halogens is 2. The number of carbonyl (C=O) groups excluding carboxylic acids is 2. The summed E-state index contributed by atoms with van der Waals surface area (Å²) in [6.07, 6.45) is 4.61. The number of pyridine rings is 1. The molecular formula is C26H25F2N5O3. The largest absolute Gasteiger partial charge is 0.453 e. The Balaban J connectivity index is 1.55. The van der Waals surface area contributed by atoms with Crippen molar-refractivity contribution >= 4 is 28.4 Å². The number of hydrogen-bond acceptors (Lipinski definition) is 5. The Morgan fingerprint density at radius 2 is 1.89 bits per heavy atom. The number of benzene rings is 2. The van der Waals surface area contributed by atoms with Gasteiger partial charge in [0.1, 0.15) is 11.6 Å². The molecular weight excluding hydrogens is 468 g/mol. The SMILES string of the molecule is Cc1cc(CC(=O)Nc2cnn(C(C)(C)C)c2)cc(F)c1Oc1ccnc2cc(F)c(C(N)=O)cc12. The van der Waals surface area contributed by atoms with Gasteiger partial charge < -0.3 is 15.8 Å². The van der Waals surface area contributed by atoms with Gasteiger partial charge in [-0.05, 0) is 57.0 Å². The van der Waals surface area contributed by atoms with E-state index >= 15 is 4.39 Å². The highest BCUT2D eigenvalue weighted by atomic mass is 19.1. The summed E-state index contributed by atoms with van der Waals surface area (Å²) in [5.74, 6) is -2.65. The van der Waals surface area contributed by atoms with E-state index in [0.29, 0.717) is 22.2 Å². The predicted molar refractivity (Wildman–Crippen MR) is 131 cm³/mol. The molecule has 4 aromatic rings. The number of ether oxygens (including phenoxy) is 1. The highest BCUT2D eigenvalue weighted by molar-refractivity contribution is 5.98.